The van der Waals surface area contributed by atoms with Crippen LogP contribution in [0.5, 0.6) is 0 Å². The molecule has 0 radical (unpaired) electrons. The Balaban J connectivity index is 2.14. The zero-order chi connectivity index (χ0) is 16.1. The van der Waals surface area contributed by atoms with Crippen LogP contribution in [0.2, 0.25) is 0 Å². The van der Waals surface area contributed by atoms with E-state index < -0.39 is 0 Å². The van der Waals surface area contributed by atoms with Crippen molar-refractivity contribution in [1.82, 2.24) is 4.98 Å². The van der Waals surface area contributed by atoms with Crippen molar-refractivity contribution in [3.05, 3.63) is 35.3 Å². The Kier molecular flexibility index (Phi) is 5.38. The number of aromatic nitrogens is 1. The first kappa shape index (κ1) is 16.3. The number of nitrogens with one attached hydrogen (secondary N) is 2. The number of aryl methyl sites for hydroxylation is 1. The molecule has 2 aromatic rings. The topological polar surface area (TPSA) is 57.3 Å². The lowest BCUT2D eigenvalue weighted by molar-refractivity contribution is 0.262. The molecule has 2 N–H and O–H groups in total. The van der Waals surface area contributed by atoms with Crippen LogP contribution in [0.25, 0.3) is 0 Å². The molecule has 0 unspecified atom stereocenters. The Bertz CT molecular complexity index is 625. The van der Waals surface area contributed by atoms with Gasteiger partial charge >= 0.3 is 6.03 Å². The second-order valence-electron chi connectivity index (χ2n) is 5.71. The zero-order valence-corrected chi connectivity index (χ0v) is 14.2. The first-order valence-corrected chi connectivity index (χ1v) is 8.13. The molecule has 1 aromatic heterocycles. The van der Waals surface area contributed by atoms with E-state index in [0.29, 0.717) is 11.0 Å². The van der Waals surface area contributed by atoms with E-state index in [4.69, 9.17) is 0 Å². The maximum Gasteiger partial charge on any atom is 0.325 e. The van der Waals surface area contributed by atoms with Crippen LogP contribution in [0, 0.1) is 12.8 Å². The fraction of sp³-hybridized carbons (Fsp3) is 0.375. The minimum atomic E-state index is -0.280. The Hall–Kier alpha value is -2.08. The molecule has 22 heavy (non-hydrogen) atoms. The molecule has 1 aromatic carbocycles. The molecule has 0 spiro atoms. The Labute approximate surface area is 135 Å². The number of anilines is 3. The van der Waals surface area contributed by atoms with Gasteiger partial charge in [0, 0.05) is 25.2 Å². The van der Waals surface area contributed by atoms with Gasteiger partial charge in [-0.05, 0) is 30.5 Å². The fourth-order valence-corrected chi connectivity index (χ4v) is 2.77. The van der Waals surface area contributed by atoms with Gasteiger partial charge in [0.25, 0.3) is 0 Å². The summed E-state index contributed by atoms with van der Waals surface area (Å²) in [4.78, 5) is 18.3. The molecule has 6 heteroatoms. The number of rotatable bonds is 5. The maximum absolute atomic E-state index is 12.1. The third-order valence-electron chi connectivity index (χ3n) is 3.10. The Morgan fingerprint density at radius 3 is 2.77 bits per heavy atom. The van der Waals surface area contributed by atoms with Gasteiger partial charge in [-0.2, -0.15) is 0 Å². The van der Waals surface area contributed by atoms with E-state index in [1.807, 2.05) is 31.5 Å². The normalized spacial score (nSPS) is 10.6. The average Bonchev–Trinajstić information content (AvgIpc) is 2.92. The standard InChI is InChI=1S/C16H22N4OS/c1-11(2)10-20(4)14-9-12(3)5-6-13(14)18-15(21)19-16-17-7-8-22-16/h5-9,11H,10H2,1-4H3,(H2,17,18,19,21). The summed E-state index contributed by atoms with van der Waals surface area (Å²) in [5, 5.41) is 8.04. The molecule has 1 heterocycles. The number of urea groups is 1. The van der Waals surface area contributed by atoms with Crippen molar-refractivity contribution in [1.29, 1.82) is 0 Å². The average molecular weight is 318 g/mol. The van der Waals surface area contributed by atoms with Crippen molar-refractivity contribution in [2.75, 3.05) is 29.1 Å². The molecule has 0 saturated heterocycles. The predicted molar refractivity (Wildman–Crippen MR) is 94.0 cm³/mol. The summed E-state index contributed by atoms with van der Waals surface area (Å²) in [5.74, 6) is 0.544. The Morgan fingerprint density at radius 1 is 1.36 bits per heavy atom. The van der Waals surface area contributed by atoms with Crippen LogP contribution in [0.15, 0.2) is 29.8 Å². The summed E-state index contributed by atoms with van der Waals surface area (Å²) in [6, 6.07) is 5.73. The van der Waals surface area contributed by atoms with Crippen molar-refractivity contribution in [3.8, 4) is 0 Å². The molecule has 0 saturated carbocycles. The molecule has 5 nitrogen and oxygen atoms in total. The van der Waals surface area contributed by atoms with Crippen molar-refractivity contribution in [2.45, 2.75) is 20.8 Å². The number of carbonyl (C=O) groups excluding carboxylic acids is 1. The molecular weight excluding hydrogens is 296 g/mol. The van der Waals surface area contributed by atoms with Gasteiger partial charge in [-0.1, -0.05) is 19.9 Å². The van der Waals surface area contributed by atoms with Crippen LogP contribution in [0.3, 0.4) is 0 Å². The molecule has 2 rings (SSSR count). The minimum absolute atomic E-state index is 0.280. The van der Waals surface area contributed by atoms with Gasteiger partial charge in [0.1, 0.15) is 0 Å². The summed E-state index contributed by atoms with van der Waals surface area (Å²) in [6.07, 6.45) is 1.66. The number of thiazole rings is 1. The van der Waals surface area contributed by atoms with Crippen LogP contribution < -0.4 is 15.5 Å². The monoisotopic (exact) mass is 318 g/mol. The Morgan fingerprint density at radius 2 is 2.14 bits per heavy atom. The van der Waals surface area contributed by atoms with E-state index >= 15 is 0 Å². The van der Waals surface area contributed by atoms with Gasteiger partial charge in [0.05, 0.1) is 11.4 Å². The first-order valence-electron chi connectivity index (χ1n) is 7.25. The van der Waals surface area contributed by atoms with E-state index in [2.05, 4.69) is 40.4 Å². The predicted octanol–water partition coefficient (Wildman–Crippen LogP) is 4.19. The highest BCUT2D eigenvalue weighted by atomic mass is 32.1. The van der Waals surface area contributed by atoms with Crippen LogP contribution >= 0.6 is 11.3 Å². The molecular formula is C16H22N4OS. The van der Waals surface area contributed by atoms with Crippen LogP contribution in [-0.4, -0.2) is 24.6 Å². The van der Waals surface area contributed by atoms with Crippen LogP contribution in [0.1, 0.15) is 19.4 Å². The molecule has 0 fully saturated rings. The summed E-state index contributed by atoms with van der Waals surface area (Å²) < 4.78 is 0. The van der Waals surface area contributed by atoms with Crippen molar-refractivity contribution in [3.63, 3.8) is 0 Å². The smallest absolute Gasteiger partial charge is 0.325 e. The number of carbonyl (C=O) groups is 1. The highest BCUT2D eigenvalue weighted by Crippen LogP contribution is 2.27. The number of benzene rings is 1. The molecule has 0 atom stereocenters. The van der Waals surface area contributed by atoms with Gasteiger partial charge in [-0.3, -0.25) is 5.32 Å². The SMILES string of the molecule is Cc1ccc(NC(=O)Nc2nccs2)c(N(C)CC(C)C)c1. The van der Waals surface area contributed by atoms with E-state index in [1.54, 1.807) is 6.20 Å². The number of hydrogen-bond donors (Lipinski definition) is 2. The van der Waals surface area contributed by atoms with Crippen LogP contribution in [-0.2, 0) is 0 Å². The van der Waals surface area contributed by atoms with E-state index in [0.717, 1.165) is 23.5 Å². The summed E-state index contributed by atoms with van der Waals surface area (Å²) in [6.45, 7) is 7.32. The second-order valence-corrected chi connectivity index (χ2v) is 6.61. The minimum Gasteiger partial charge on any atom is -0.373 e. The molecule has 0 aliphatic carbocycles. The third kappa shape index (κ3) is 4.46. The number of amides is 2. The highest BCUT2D eigenvalue weighted by Gasteiger charge is 2.12. The zero-order valence-electron chi connectivity index (χ0n) is 13.4. The lowest BCUT2D eigenvalue weighted by atomic mass is 10.1. The number of hydrogen-bond acceptors (Lipinski definition) is 4. The first-order chi connectivity index (χ1) is 10.5. The molecule has 118 valence electrons. The summed E-state index contributed by atoms with van der Waals surface area (Å²) >= 11 is 1.39. The third-order valence-corrected chi connectivity index (χ3v) is 3.79. The van der Waals surface area contributed by atoms with Gasteiger partial charge in [-0.25, -0.2) is 9.78 Å². The maximum atomic E-state index is 12.1. The van der Waals surface area contributed by atoms with Gasteiger partial charge in [0.15, 0.2) is 5.13 Å². The largest absolute Gasteiger partial charge is 0.373 e. The lowest BCUT2D eigenvalue weighted by Crippen LogP contribution is -2.26. The summed E-state index contributed by atoms with van der Waals surface area (Å²) in [5.41, 5.74) is 2.97. The number of nitrogens with zero attached hydrogens (tertiary/aromatic N) is 2. The van der Waals surface area contributed by atoms with Gasteiger partial charge < -0.3 is 10.2 Å². The van der Waals surface area contributed by atoms with E-state index in [9.17, 15) is 4.79 Å². The van der Waals surface area contributed by atoms with Gasteiger partial charge in [0.2, 0.25) is 0 Å². The summed E-state index contributed by atoms with van der Waals surface area (Å²) in [7, 11) is 2.04. The fourth-order valence-electron chi connectivity index (χ4n) is 2.25. The van der Waals surface area contributed by atoms with Crippen molar-refractivity contribution in [2.24, 2.45) is 5.92 Å². The van der Waals surface area contributed by atoms with E-state index in [-0.39, 0.29) is 6.03 Å². The lowest BCUT2D eigenvalue weighted by Gasteiger charge is -2.25. The van der Waals surface area contributed by atoms with Crippen LogP contribution in [0.4, 0.5) is 21.3 Å². The quantitative estimate of drug-likeness (QED) is 0.869. The molecule has 0 aliphatic rings. The highest BCUT2D eigenvalue weighted by molar-refractivity contribution is 7.13. The van der Waals surface area contributed by atoms with E-state index in [1.165, 1.54) is 11.3 Å². The molecule has 2 amide bonds. The van der Waals surface area contributed by atoms with Crippen molar-refractivity contribution < 1.29 is 4.79 Å². The molecule has 0 bridgehead atoms. The second kappa shape index (κ2) is 7.26. The van der Waals surface area contributed by atoms with Crippen molar-refractivity contribution >= 4 is 33.9 Å². The van der Waals surface area contributed by atoms with Gasteiger partial charge in [-0.15, -0.1) is 11.3 Å². The molecule has 0 aliphatic heterocycles.